The average molecular weight is 305 g/mol. The Morgan fingerprint density at radius 3 is 2.25 bits per heavy atom. The van der Waals surface area contributed by atoms with E-state index in [1.165, 1.54) is 26.8 Å². The van der Waals surface area contributed by atoms with Crippen molar-refractivity contribution in [3.8, 4) is 0 Å². The van der Waals surface area contributed by atoms with E-state index in [-0.39, 0.29) is 11.1 Å². The molecule has 0 bridgehead atoms. The quantitative estimate of drug-likeness (QED) is 0.910. The van der Waals surface area contributed by atoms with Crippen LogP contribution in [0.4, 0.5) is 8.78 Å². The van der Waals surface area contributed by atoms with Crippen molar-refractivity contribution in [3.05, 3.63) is 34.9 Å². The molecule has 1 unspecified atom stereocenters. The molecule has 1 rings (SSSR count). The van der Waals surface area contributed by atoms with E-state index in [1.54, 1.807) is 6.92 Å². The van der Waals surface area contributed by atoms with Crippen LogP contribution in [0.25, 0.3) is 0 Å². The van der Waals surface area contributed by atoms with Gasteiger partial charge in [0, 0.05) is 17.9 Å². The summed E-state index contributed by atoms with van der Waals surface area (Å²) in [6, 6.07) is 1.42. The first-order valence-electron chi connectivity index (χ1n) is 6.41. The van der Waals surface area contributed by atoms with Crippen molar-refractivity contribution in [3.63, 3.8) is 0 Å². The number of aryl methyl sites for hydroxylation is 1. The zero-order valence-corrected chi connectivity index (χ0v) is 13.2. The number of hydrogen-bond donors (Lipinski definition) is 1. The highest BCUT2D eigenvalue weighted by Crippen LogP contribution is 2.34. The molecule has 20 heavy (non-hydrogen) atoms. The van der Waals surface area contributed by atoms with Crippen molar-refractivity contribution in [1.82, 2.24) is 5.32 Å². The minimum absolute atomic E-state index is 0.168. The first-order valence-corrected chi connectivity index (χ1v) is 8.30. The molecule has 6 heteroatoms. The average Bonchev–Trinajstić information content (AvgIpc) is 2.29. The van der Waals surface area contributed by atoms with E-state index in [9.17, 15) is 17.2 Å². The lowest BCUT2D eigenvalue weighted by Gasteiger charge is -2.34. The predicted octanol–water partition coefficient (Wildman–Crippen LogP) is 2.75. The molecule has 1 aromatic carbocycles. The molecule has 3 nitrogen and oxygen atoms in total. The van der Waals surface area contributed by atoms with Crippen molar-refractivity contribution in [2.75, 3.05) is 12.8 Å². The maximum absolute atomic E-state index is 14.0. The van der Waals surface area contributed by atoms with Crippen LogP contribution in [0.3, 0.4) is 0 Å². The minimum Gasteiger partial charge on any atom is -0.309 e. The van der Waals surface area contributed by atoms with Gasteiger partial charge in [-0.1, -0.05) is 6.92 Å². The first kappa shape index (κ1) is 17.0. The van der Waals surface area contributed by atoms with Crippen molar-refractivity contribution in [2.24, 2.45) is 0 Å². The van der Waals surface area contributed by atoms with Gasteiger partial charge in [0.2, 0.25) is 0 Å². The van der Waals surface area contributed by atoms with Crippen LogP contribution in [0.15, 0.2) is 12.1 Å². The minimum atomic E-state index is -3.43. The Balaban J connectivity index is 3.46. The van der Waals surface area contributed by atoms with Crippen LogP contribution in [0.1, 0.15) is 37.9 Å². The Morgan fingerprint density at radius 2 is 1.80 bits per heavy atom. The second-order valence-electron chi connectivity index (χ2n) is 5.49. The summed E-state index contributed by atoms with van der Waals surface area (Å²) < 4.78 is 50.1. The van der Waals surface area contributed by atoms with Crippen LogP contribution >= 0.6 is 0 Å². The maximum atomic E-state index is 14.0. The number of halogens is 2. The monoisotopic (exact) mass is 305 g/mol. The fourth-order valence-corrected chi connectivity index (χ4v) is 2.69. The first-order chi connectivity index (χ1) is 9.02. The third-order valence-electron chi connectivity index (χ3n) is 3.65. The van der Waals surface area contributed by atoms with Gasteiger partial charge in [-0.05, 0) is 38.9 Å². The molecule has 0 saturated heterocycles. The van der Waals surface area contributed by atoms with Crippen molar-refractivity contribution in [2.45, 2.75) is 38.5 Å². The van der Waals surface area contributed by atoms with Gasteiger partial charge in [-0.3, -0.25) is 0 Å². The lowest BCUT2D eigenvalue weighted by molar-refractivity contribution is 0.412. The number of hydrogen-bond acceptors (Lipinski definition) is 3. The van der Waals surface area contributed by atoms with Crippen LogP contribution < -0.4 is 5.32 Å². The van der Waals surface area contributed by atoms with Gasteiger partial charge in [0.25, 0.3) is 0 Å². The molecular formula is C14H21F2NO2S. The Morgan fingerprint density at radius 1 is 1.25 bits per heavy atom. The van der Waals surface area contributed by atoms with Crippen LogP contribution in [0.2, 0.25) is 0 Å². The summed E-state index contributed by atoms with van der Waals surface area (Å²) in [5.74, 6) is -1.38. The predicted molar refractivity (Wildman–Crippen MR) is 76.4 cm³/mol. The second kappa shape index (κ2) is 5.77. The largest absolute Gasteiger partial charge is 0.309 e. The highest BCUT2D eigenvalue weighted by Gasteiger charge is 2.40. The van der Waals surface area contributed by atoms with Crippen LogP contribution in [0, 0.1) is 18.6 Å². The molecule has 1 atom stereocenters. The normalized spacial score (nSPS) is 14.3. The lowest BCUT2D eigenvalue weighted by Crippen LogP contribution is -2.45. The van der Waals surface area contributed by atoms with Crippen LogP contribution in [-0.2, 0) is 9.84 Å². The SMILES string of the molecule is CCNC(c1cc(C)c(F)cc1F)C(C)(C)S(C)(=O)=O. The highest BCUT2D eigenvalue weighted by atomic mass is 32.2. The summed E-state index contributed by atoms with van der Waals surface area (Å²) in [7, 11) is -3.43. The van der Waals surface area contributed by atoms with Crippen molar-refractivity contribution in [1.29, 1.82) is 0 Å². The molecule has 0 aliphatic heterocycles. The number of benzene rings is 1. The van der Waals surface area contributed by atoms with E-state index in [1.807, 2.05) is 0 Å². The van der Waals surface area contributed by atoms with E-state index >= 15 is 0 Å². The molecule has 0 spiro atoms. The van der Waals surface area contributed by atoms with Crippen molar-refractivity contribution < 1.29 is 17.2 Å². The molecule has 0 amide bonds. The summed E-state index contributed by atoms with van der Waals surface area (Å²) in [5.41, 5.74) is 0.453. The number of nitrogens with one attached hydrogen (secondary N) is 1. The Kier molecular flexibility index (Phi) is 4.92. The van der Waals surface area contributed by atoms with Gasteiger partial charge in [0.1, 0.15) is 11.6 Å². The third kappa shape index (κ3) is 3.17. The lowest BCUT2D eigenvalue weighted by atomic mass is 9.93. The van der Waals surface area contributed by atoms with Gasteiger partial charge in [-0.2, -0.15) is 0 Å². The van der Waals surface area contributed by atoms with E-state index in [2.05, 4.69) is 5.32 Å². The van der Waals surface area contributed by atoms with E-state index < -0.39 is 32.3 Å². The Labute approximate surface area is 119 Å². The molecule has 0 aliphatic rings. The summed E-state index contributed by atoms with van der Waals surface area (Å²) in [6.07, 6.45) is 1.12. The molecule has 0 aliphatic carbocycles. The van der Waals surface area contributed by atoms with E-state index in [0.717, 1.165) is 12.3 Å². The zero-order chi connectivity index (χ0) is 15.7. The molecule has 0 heterocycles. The molecule has 0 aromatic heterocycles. The van der Waals surface area contributed by atoms with Gasteiger partial charge in [-0.25, -0.2) is 17.2 Å². The van der Waals surface area contributed by atoms with Crippen LogP contribution in [0.5, 0.6) is 0 Å². The Hall–Kier alpha value is -1.01. The maximum Gasteiger partial charge on any atom is 0.154 e. The van der Waals surface area contributed by atoms with Gasteiger partial charge < -0.3 is 5.32 Å². The zero-order valence-electron chi connectivity index (χ0n) is 12.4. The van der Waals surface area contributed by atoms with Gasteiger partial charge >= 0.3 is 0 Å². The highest BCUT2D eigenvalue weighted by molar-refractivity contribution is 7.92. The van der Waals surface area contributed by atoms with Crippen molar-refractivity contribution >= 4 is 9.84 Å². The molecule has 1 aromatic rings. The fraction of sp³-hybridized carbons (Fsp3) is 0.571. The standard InChI is InChI=1S/C14H21F2NO2S/c1-6-17-13(14(3,4)20(5,18)19)10-7-9(2)11(15)8-12(10)16/h7-8,13,17H,6H2,1-5H3. The van der Waals surface area contributed by atoms with Gasteiger partial charge in [-0.15, -0.1) is 0 Å². The van der Waals surface area contributed by atoms with Crippen LogP contribution in [-0.4, -0.2) is 26.0 Å². The molecule has 0 fully saturated rings. The van der Waals surface area contributed by atoms with E-state index in [0.29, 0.717) is 6.54 Å². The topological polar surface area (TPSA) is 46.2 Å². The van der Waals surface area contributed by atoms with Gasteiger partial charge in [0.05, 0.1) is 10.8 Å². The molecule has 0 radical (unpaired) electrons. The summed E-state index contributed by atoms with van der Waals surface area (Å²) in [5, 5.41) is 2.99. The number of sulfone groups is 1. The molecular weight excluding hydrogens is 284 g/mol. The van der Waals surface area contributed by atoms with Gasteiger partial charge in [0.15, 0.2) is 9.84 Å². The van der Waals surface area contributed by atoms with E-state index in [4.69, 9.17) is 0 Å². The summed E-state index contributed by atoms with van der Waals surface area (Å²) >= 11 is 0. The second-order valence-corrected chi connectivity index (χ2v) is 8.09. The third-order valence-corrected chi connectivity index (χ3v) is 5.80. The number of rotatable bonds is 5. The summed E-state index contributed by atoms with van der Waals surface area (Å²) in [4.78, 5) is 0. The molecule has 114 valence electrons. The Bertz CT molecular complexity index is 597. The smallest absolute Gasteiger partial charge is 0.154 e. The molecule has 1 N–H and O–H groups in total. The molecule has 0 saturated carbocycles. The fourth-order valence-electron chi connectivity index (χ4n) is 2.05. The summed E-state index contributed by atoms with van der Waals surface area (Å²) in [6.45, 7) is 6.87.